The van der Waals surface area contributed by atoms with Crippen LogP contribution >= 0.6 is 11.3 Å². The lowest BCUT2D eigenvalue weighted by Gasteiger charge is -2.06. The average Bonchev–Trinajstić information content (AvgIpc) is 2.84. The molecule has 1 unspecified atom stereocenters. The smallest absolute Gasteiger partial charge is 0.0941 e. The third kappa shape index (κ3) is 3.32. The lowest BCUT2D eigenvalue weighted by atomic mass is 10.1. The van der Waals surface area contributed by atoms with Gasteiger partial charge in [-0.1, -0.05) is 6.07 Å². The summed E-state index contributed by atoms with van der Waals surface area (Å²) in [6.45, 7) is 2.00. The van der Waals surface area contributed by atoms with Gasteiger partial charge in [-0.05, 0) is 30.8 Å². The second-order valence-corrected chi connectivity index (χ2v) is 4.89. The minimum Gasteiger partial charge on any atom is -0.387 e. The largest absolute Gasteiger partial charge is 0.387 e. The van der Waals surface area contributed by atoms with Crippen LogP contribution in [-0.4, -0.2) is 18.4 Å². The van der Waals surface area contributed by atoms with E-state index in [1.165, 1.54) is 4.88 Å². The molecule has 15 heavy (non-hydrogen) atoms. The van der Waals surface area contributed by atoms with Crippen LogP contribution in [0.5, 0.6) is 0 Å². The lowest BCUT2D eigenvalue weighted by Crippen LogP contribution is -2.18. The molecule has 1 aliphatic rings. The third-order valence-corrected chi connectivity index (χ3v) is 3.49. The molecular formula is C11H17N3S. The van der Waals surface area contributed by atoms with E-state index < -0.39 is 0 Å². The van der Waals surface area contributed by atoms with Crippen LogP contribution in [0, 0.1) is 0 Å². The Morgan fingerprint density at radius 2 is 2.53 bits per heavy atom. The predicted octanol–water partition coefficient (Wildman–Crippen LogP) is 1.75. The van der Waals surface area contributed by atoms with E-state index in [4.69, 9.17) is 5.73 Å². The molecule has 0 fully saturated rings. The first-order chi connectivity index (χ1) is 7.34. The minimum atomic E-state index is 0.459. The average molecular weight is 223 g/mol. The van der Waals surface area contributed by atoms with Crippen LogP contribution in [0.1, 0.15) is 24.1 Å². The van der Waals surface area contributed by atoms with Crippen molar-refractivity contribution in [1.29, 1.82) is 0 Å². The van der Waals surface area contributed by atoms with Gasteiger partial charge in [-0.25, -0.2) is 0 Å². The summed E-state index contributed by atoms with van der Waals surface area (Å²) in [5.74, 6) is 0.832. The van der Waals surface area contributed by atoms with Crippen LogP contribution in [0.2, 0.25) is 0 Å². The van der Waals surface area contributed by atoms with Crippen molar-refractivity contribution in [3.05, 3.63) is 22.4 Å². The Labute approximate surface area is 94.4 Å². The highest BCUT2D eigenvalue weighted by Crippen LogP contribution is 2.13. The summed E-state index contributed by atoms with van der Waals surface area (Å²) in [6, 6.07) is 4.70. The molecule has 82 valence electrons. The first kappa shape index (κ1) is 10.6. The number of thiophene rings is 1. The predicted molar refractivity (Wildman–Crippen MR) is 65.3 cm³/mol. The number of rotatable bonds is 5. The molecule has 3 nitrogen and oxygen atoms in total. The van der Waals surface area contributed by atoms with Gasteiger partial charge in [0.1, 0.15) is 0 Å². The highest BCUT2D eigenvalue weighted by Gasteiger charge is 2.14. The molecule has 0 saturated carbocycles. The monoisotopic (exact) mass is 223 g/mol. The van der Waals surface area contributed by atoms with Gasteiger partial charge >= 0.3 is 0 Å². The minimum absolute atomic E-state index is 0.459. The molecule has 1 atom stereocenters. The fourth-order valence-corrected chi connectivity index (χ4v) is 2.45. The number of amidine groups is 1. The fourth-order valence-electron chi connectivity index (χ4n) is 1.78. The molecule has 0 amide bonds. The molecular weight excluding hydrogens is 206 g/mol. The summed E-state index contributed by atoms with van der Waals surface area (Å²) < 4.78 is 0. The van der Waals surface area contributed by atoms with Gasteiger partial charge < -0.3 is 11.1 Å². The van der Waals surface area contributed by atoms with Gasteiger partial charge in [-0.15, -0.1) is 11.3 Å². The second-order valence-electron chi connectivity index (χ2n) is 3.86. The van der Waals surface area contributed by atoms with Crippen molar-refractivity contribution in [2.45, 2.75) is 31.8 Å². The second kappa shape index (κ2) is 5.28. The van der Waals surface area contributed by atoms with E-state index in [-0.39, 0.29) is 0 Å². The lowest BCUT2D eigenvalue weighted by molar-refractivity contribution is 0.563. The molecule has 1 aromatic rings. The maximum Gasteiger partial charge on any atom is 0.0941 e. The summed E-state index contributed by atoms with van der Waals surface area (Å²) in [5.41, 5.74) is 5.64. The molecule has 0 aliphatic carbocycles. The fraction of sp³-hybridized carbons (Fsp3) is 0.545. The zero-order chi connectivity index (χ0) is 10.5. The molecule has 2 heterocycles. The number of hydrogen-bond acceptors (Lipinski definition) is 4. The molecule has 4 heteroatoms. The van der Waals surface area contributed by atoms with Crippen LogP contribution < -0.4 is 11.1 Å². The zero-order valence-corrected chi connectivity index (χ0v) is 9.59. The Morgan fingerprint density at radius 3 is 3.20 bits per heavy atom. The van der Waals surface area contributed by atoms with Crippen molar-refractivity contribution < 1.29 is 0 Å². The Kier molecular flexibility index (Phi) is 3.75. The molecule has 0 saturated heterocycles. The number of nitrogens with two attached hydrogens (primary N) is 1. The Balaban J connectivity index is 1.59. The number of aliphatic imine (C=N–C) groups is 1. The van der Waals surface area contributed by atoms with Crippen LogP contribution in [0.4, 0.5) is 0 Å². The SMILES string of the molecule is NC1=NC(CCNCc2cccs2)CC1. The van der Waals surface area contributed by atoms with E-state index >= 15 is 0 Å². The summed E-state index contributed by atoms with van der Waals surface area (Å²) in [7, 11) is 0. The van der Waals surface area contributed by atoms with Crippen LogP contribution in [0.25, 0.3) is 0 Å². The molecule has 0 bridgehead atoms. The van der Waals surface area contributed by atoms with E-state index in [0.29, 0.717) is 6.04 Å². The zero-order valence-electron chi connectivity index (χ0n) is 8.78. The van der Waals surface area contributed by atoms with E-state index in [1.54, 1.807) is 11.3 Å². The Bertz CT molecular complexity index is 319. The molecule has 0 spiro atoms. The van der Waals surface area contributed by atoms with Crippen LogP contribution in [0.15, 0.2) is 22.5 Å². The molecule has 1 aliphatic heterocycles. The van der Waals surface area contributed by atoms with Gasteiger partial charge in [0, 0.05) is 17.8 Å². The van der Waals surface area contributed by atoms with Gasteiger partial charge in [-0.3, -0.25) is 4.99 Å². The van der Waals surface area contributed by atoms with Crippen LogP contribution in [0.3, 0.4) is 0 Å². The number of hydrogen-bond donors (Lipinski definition) is 2. The summed E-state index contributed by atoms with van der Waals surface area (Å²) in [6.07, 6.45) is 3.22. The third-order valence-electron chi connectivity index (χ3n) is 2.62. The molecule has 1 aromatic heterocycles. The highest BCUT2D eigenvalue weighted by atomic mass is 32.1. The standard InChI is InChI=1S/C11H17N3S/c12-11-4-3-9(14-11)5-6-13-8-10-2-1-7-15-10/h1-2,7,9,13H,3-6,8H2,(H2,12,14). The van der Waals surface area contributed by atoms with Gasteiger partial charge in [0.25, 0.3) is 0 Å². The van der Waals surface area contributed by atoms with E-state index in [1.807, 2.05) is 0 Å². The van der Waals surface area contributed by atoms with E-state index in [9.17, 15) is 0 Å². The van der Waals surface area contributed by atoms with Gasteiger partial charge in [0.05, 0.1) is 11.9 Å². The highest BCUT2D eigenvalue weighted by molar-refractivity contribution is 7.09. The van der Waals surface area contributed by atoms with Crippen LogP contribution in [-0.2, 0) is 6.54 Å². The van der Waals surface area contributed by atoms with Crippen molar-refractivity contribution in [2.24, 2.45) is 10.7 Å². The summed E-state index contributed by atoms with van der Waals surface area (Å²) in [4.78, 5) is 5.77. The van der Waals surface area contributed by atoms with Gasteiger partial charge in [0.15, 0.2) is 0 Å². The molecule has 0 radical (unpaired) electrons. The summed E-state index contributed by atoms with van der Waals surface area (Å²) >= 11 is 1.80. The summed E-state index contributed by atoms with van der Waals surface area (Å²) in [5, 5.41) is 5.54. The maximum atomic E-state index is 5.64. The van der Waals surface area contributed by atoms with Crippen molar-refractivity contribution in [2.75, 3.05) is 6.54 Å². The van der Waals surface area contributed by atoms with Crippen molar-refractivity contribution in [3.8, 4) is 0 Å². The van der Waals surface area contributed by atoms with Crippen molar-refractivity contribution >= 4 is 17.2 Å². The topological polar surface area (TPSA) is 50.4 Å². The Morgan fingerprint density at radius 1 is 1.60 bits per heavy atom. The molecule has 3 N–H and O–H groups in total. The Hall–Kier alpha value is -0.870. The molecule has 2 rings (SSSR count). The first-order valence-electron chi connectivity index (χ1n) is 5.40. The van der Waals surface area contributed by atoms with E-state index in [2.05, 4.69) is 27.8 Å². The van der Waals surface area contributed by atoms with Gasteiger partial charge in [-0.2, -0.15) is 0 Å². The number of nitrogens with zero attached hydrogens (tertiary/aromatic N) is 1. The quantitative estimate of drug-likeness (QED) is 0.747. The van der Waals surface area contributed by atoms with Crippen molar-refractivity contribution in [3.63, 3.8) is 0 Å². The normalized spacial score (nSPS) is 20.5. The maximum absolute atomic E-state index is 5.64. The van der Waals surface area contributed by atoms with Gasteiger partial charge in [0.2, 0.25) is 0 Å². The first-order valence-corrected chi connectivity index (χ1v) is 6.28. The van der Waals surface area contributed by atoms with Crippen molar-refractivity contribution in [1.82, 2.24) is 5.32 Å². The molecule has 0 aromatic carbocycles. The number of nitrogens with one attached hydrogen (secondary N) is 1. The van der Waals surface area contributed by atoms with E-state index in [0.717, 1.165) is 38.2 Å².